The fraction of sp³-hybridized carbons (Fsp3) is 0.400. The van der Waals surface area contributed by atoms with Gasteiger partial charge in [-0.2, -0.15) is 4.89 Å². The highest BCUT2D eigenvalue weighted by Gasteiger charge is 2.25. The van der Waals surface area contributed by atoms with Crippen molar-refractivity contribution < 1.29 is 9.46 Å². The van der Waals surface area contributed by atoms with Crippen LogP contribution < -0.4 is 0 Å². The molecule has 0 aliphatic heterocycles. The first-order chi connectivity index (χ1) is 6.55. The molecule has 0 fully saturated rings. The maximum Gasteiger partial charge on any atom is 0.491 e. The average molecular weight is 227 g/mol. The first kappa shape index (κ1) is 13.8. The SMILES string of the molecule is CC(C)[CH]([AlH2])[P+](=O)O.c1ccccc1. The van der Waals surface area contributed by atoms with Gasteiger partial charge in [0, 0.05) is 0 Å². The van der Waals surface area contributed by atoms with Gasteiger partial charge in [-0.3, -0.25) is 0 Å². The summed E-state index contributed by atoms with van der Waals surface area (Å²) in [6, 6.07) is 12.0. The quantitative estimate of drug-likeness (QED) is 0.620. The lowest BCUT2D eigenvalue weighted by molar-refractivity contribution is 0.487. The maximum atomic E-state index is 10.3. The van der Waals surface area contributed by atoms with Gasteiger partial charge in [0.15, 0.2) is 0 Å². The fourth-order valence-corrected chi connectivity index (χ4v) is 1.15. The second-order valence-electron chi connectivity index (χ2n) is 3.44. The van der Waals surface area contributed by atoms with Gasteiger partial charge in [0.1, 0.15) is 4.52 Å². The van der Waals surface area contributed by atoms with E-state index in [4.69, 9.17) is 4.89 Å². The molecule has 0 aliphatic rings. The minimum absolute atomic E-state index is 0.0741. The van der Waals surface area contributed by atoms with Gasteiger partial charge in [0.2, 0.25) is 0 Å². The van der Waals surface area contributed by atoms with E-state index in [1.54, 1.807) is 0 Å². The Labute approximate surface area is 94.6 Å². The largest absolute Gasteiger partial charge is 0.491 e. The van der Waals surface area contributed by atoms with Gasteiger partial charge in [-0.1, -0.05) is 50.2 Å². The Morgan fingerprint density at radius 2 is 1.36 bits per heavy atom. The third-order valence-corrected chi connectivity index (χ3v) is 5.93. The lowest BCUT2D eigenvalue weighted by atomic mass is 10.3. The molecule has 4 heteroatoms. The van der Waals surface area contributed by atoms with Crippen LogP contribution in [0.25, 0.3) is 0 Å². The lowest BCUT2D eigenvalue weighted by Gasteiger charge is -1.98. The lowest BCUT2D eigenvalue weighted by Crippen LogP contribution is -2.09. The molecule has 2 atom stereocenters. The molecule has 0 aromatic heterocycles. The molecule has 0 aliphatic carbocycles. The summed E-state index contributed by atoms with van der Waals surface area (Å²) in [5.41, 5.74) is 0. The first-order valence-corrected chi connectivity index (χ1v) is 7.14. The van der Waals surface area contributed by atoms with Gasteiger partial charge in [-0.25, -0.2) is 0 Å². The first-order valence-electron chi connectivity index (χ1n) is 4.71. The van der Waals surface area contributed by atoms with Crippen LogP contribution in [0.4, 0.5) is 0 Å². The summed E-state index contributed by atoms with van der Waals surface area (Å²) >= 11 is 0.824. The monoisotopic (exact) mass is 227 g/mol. The number of benzene rings is 1. The van der Waals surface area contributed by atoms with Crippen molar-refractivity contribution >= 4 is 24.3 Å². The summed E-state index contributed by atoms with van der Waals surface area (Å²) in [5, 5.41) is 0. The zero-order valence-electron chi connectivity index (χ0n) is 8.92. The predicted molar refractivity (Wildman–Crippen MR) is 63.4 cm³/mol. The van der Waals surface area contributed by atoms with Crippen molar-refractivity contribution in [3.05, 3.63) is 36.4 Å². The van der Waals surface area contributed by atoms with Gasteiger partial charge < -0.3 is 0 Å². The summed E-state index contributed by atoms with van der Waals surface area (Å²) in [6.45, 7) is 3.95. The van der Waals surface area contributed by atoms with E-state index in [1.165, 1.54) is 0 Å². The molecule has 0 radical (unpaired) electrons. The van der Waals surface area contributed by atoms with E-state index in [0.29, 0.717) is 5.92 Å². The number of rotatable bonds is 2. The third-order valence-electron chi connectivity index (χ3n) is 1.98. The Bertz CT molecular complexity index is 225. The summed E-state index contributed by atoms with van der Waals surface area (Å²) in [4.78, 5) is 8.54. The minimum Gasteiger partial charge on any atom is -0.162 e. The average Bonchev–Trinajstić information content (AvgIpc) is 2.20. The standard InChI is InChI=1S/C6H6.C4H9O2P.Al.2H/c1-2-4-6-5-3-1;1-4(2)3-7(5)6;;;/h1-6H;3-4H,1-2H3,(H,5,6);;;/q;+1;;;. The predicted octanol–water partition coefficient (Wildman–Crippen LogP) is 2.02. The third kappa shape index (κ3) is 7.24. The van der Waals surface area contributed by atoms with Crippen LogP contribution in [-0.2, 0) is 4.57 Å². The van der Waals surface area contributed by atoms with Crippen LogP contribution in [0.2, 0.25) is 0 Å². The van der Waals surface area contributed by atoms with Gasteiger partial charge in [-0.15, -0.1) is 0 Å². The van der Waals surface area contributed by atoms with Crippen LogP contribution in [-0.4, -0.2) is 25.7 Å². The molecule has 2 nitrogen and oxygen atoms in total. The van der Waals surface area contributed by atoms with Gasteiger partial charge in [0.05, 0.1) is 0 Å². The van der Waals surface area contributed by atoms with Crippen molar-refractivity contribution in [1.29, 1.82) is 0 Å². The molecule has 14 heavy (non-hydrogen) atoms. The topological polar surface area (TPSA) is 37.3 Å². The zero-order valence-corrected chi connectivity index (χ0v) is 11.8. The summed E-state index contributed by atoms with van der Waals surface area (Å²) in [7, 11) is -1.89. The second-order valence-corrected chi connectivity index (χ2v) is 7.08. The molecule has 76 valence electrons. The van der Waals surface area contributed by atoms with Crippen molar-refractivity contribution in [2.24, 2.45) is 5.92 Å². The fourth-order valence-electron chi connectivity index (χ4n) is 0.640. The zero-order chi connectivity index (χ0) is 11.0. The molecule has 0 saturated carbocycles. The molecule has 2 unspecified atom stereocenters. The Balaban J connectivity index is 0.000000249. The van der Waals surface area contributed by atoms with E-state index in [1.807, 2.05) is 50.2 Å². The van der Waals surface area contributed by atoms with E-state index >= 15 is 0 Å². The smallest absolute Gasteiger partial charge is 0.162 e. The van der Waals surface area contributed by atoms with Gasteiger partial charge in [0.25, 0.3) is 0 Å². The number of hydrogen-bond acceptors (Lipinski definition) is 1. The van der Waals surface area contributed by atoms with E-state index in [2.05, 4.69) is 0 Å². The Hall–Kier alpha value is -0.188. The highest BCUT2D eigenvalue weighted by atomic mass is 31.1. The van der Waals surface area contributed by atoms with E-state index in [0.717, 1.165) is 16.3 Å². The van der Waals surface area contributed by atoms with E-state index in [-0.39, 0.29) is 4.52 Å². The Morgan fingerprint density at radius 1 is 1.07 bits per heavy atom. The summed E-state index contributed by atoms with van der Waals surface area (Å²) in [6.07, 6.45) is 0. The van der Waals surface area contributed by atoms with Gasteiger partial charge >= 0.3 is 24.3 Å². The van der Waals surface area contributed by atoms with Crippen molar-refractivity contribution in [1.82, 2.24) is 0 Å². The molecular weight excluding hydrogens is 210 g/mol. The molecule has 1 aromatic rings. The van der Waals surface area contributed by atoms with Crippen molar-refractivity contribution in [2.45, 2.75) is 18.4 Å². The molecule has 1 aromatic carbocycles. The number of hydrogen-bond donors (Lipinski definition) is 1. The molecule has 0 bridgehead atoms. The molecule has 0 spiro atoms. The van der Waals surface area contributed by atoms with Crippen molar-refractivity contribution in [2.75, 3.05) is 0 Å². The van der Waals surface area contributed by atoms with Crippen LogP contribution in [0, 0.1) is 5.92 Å². The van der Waals surface area contributed by atoms with E-state index < -0.39 is 8.03 Å². The maximum absolute atomic E-state index is 10.3. The Morgan fingerprint density at radius 3 is 1.43 bits per heavy atom. The van der Waals surface area contributed by atoms with Crippen LogP contribution in [0.1, 0.15) is 13.8 Å². The molecular formula is C10H17AlO2P+. The van der Waals surface area contributed by atoms with Crippen molar-refractivity contribution in [3.63, 3.8) is 0 Å². The van der Waals surface area contributed by atoms with Gasteiger partial charge in [-0.05, 0) is 10.5 Å². The second kappa shape index (κ2) is 8.15. The van der Waals surface area contributed by atoms with Crippen LogP contribution in [0.3, 0.4) is 0 Å². The highest BCUT2D eigenvalue weighted by molar-refractivity contribution is 7.41. The summed E-state index contributed by atoms with van der Waals surface area (Å²) in [5.74, 6) is 0.371. The normalized spacial score (nSPS) is 12.7. The minimum atomic E-state index is -1.89. The molecule has 0 heterocycles. The summed E-state index contributed by atoms with van der Waals surface area (Å²) < 4.78 is 10.4. The van der Waals surface area contributed by atoms with Crippen LogP contribution >= 0.6 is 8.03 Å². The van der Waals surface area contributed by atoms with Crippen LogP contribution in [0.5, 0.6) is 0 Å². The highest BCUT2D eigenvalue weighted by Crippen LogP contribution is 2.25. The Kier molecular flexibility index (Phi) is 8.04. The molecule has 1 N–H and O–H groups in total. The van der Waals surface area contributed by atoms with E-state index in [9.17, 15) is 4.57 Å². The van der Waals surface area contributed by atoms with Crippen LogP contribution in [0.15, 0.2) is 36.4 Å². The molecule has 0 amide bonds. The molecule has 1 rings (SSSR count). The van der Waals surface area contributed by atoms with Crippen molar-refractivity contribution in [3.8, 4) is 0 Å². The molecule has 0 saturated heterocycles.